The number of hydrogen-bond donors (Lipinski definition) is 0. The second kappa shape index (κ2) is 8.88. The van der Waals surface area contributed by atoms with E-state index in [0.29, 0.717) is 5.92 Å². The van der Waals surface area contributed by atoms with Crippen molar-refractivity contribution < 1.29 is 0 Å². The van der Waals surface area contributed by atoms with Crippen LogP contribution in [0.4, 0.5) is 0 Å². The molecule has 0 rings (SSSR count). The summed E-state index contributed by atoms with van der Waals surface area (Å²) in [5.41, 5.74) is 0. The molecule has 0 spiro atoms. The monoisotopic (exact) mass is 192 g/mol. The first-order chi connectivity index (χ1) is 6.79. The van der Waals surface area contributed by atoms with Crippen molar-refractivity contribution in [1.29, 1.82) is 0 Å². The molecule has 0 aromatic heterocycles. The molecule has 0 aliphatic heterocycles. The molecule has 80 valence electrons. The molecular weight excluding hydrogens is 168 g/mol. The number of hydrogen-bond acceptors (Lipinski definition) is 0. The zero-order valence-electron chi connectivity index (χ0n) is 9.76. The van der Waals surface area contributed by atoms with Crippen LogP contribution in [-0.2, 0) is 0 Å². The van der Waals surface area contributed by atoms with Gasteiger partial charge in [-0.2, -0.15) is 0 Å². The first-order valence-corrected chi connectivity index (χ1v) is 5.88. The molecule has 0 nitrogen and oxygen atoms in total. The number of terminal acetylenes is 1. The van der Waals surface area contributed by atoms with Gasteiger partial charge in [0.05, 0.1) is 0 Å². The normalized spacial score (nSPS) is 14.4. The lowest BCUT2D eigenvalue weighted by Gasteiger charge is -2.19. The summed E-state index contributed by atoms with van der Waals surface area (Å²) in [4.78, 5) is 0. The number of rotatable bonds is 8. The Morgan fingerprint density at radius 2 is 1.93 bits per heavy atom. The lowest BCUT2D eigenvalue weighted by atomic mass is 9.85. The molecule has 14 heavy (non-hydrogen) atoms. The van der Waals surface area contributed by atoms with Crippen LogP contribution >= 0.6 is 0 Å². The van der Waals surface area contributed by atoms with Gasteiger partial charge < -0.3 is 0 Å². The van der Waals surface area contributed by atoms with Gasteiger partial charge in [-0.1, -0.05) is 51.5 Å². The molecule has 0 saturated heterocycles. The van der Waals surface area contributed by atoms with Crippen LogP contribution in [0.1, 0.15) is 52.4 Å². The van der Waals surface area contributed by atoms with Crippen molar-refractivity contribution in [2.45, 2.75) is 52.4 Å². The molecular formula is C14H24. The van der Waals surface area contributed by atoms with Crippen molar-refractivity contribution in [1.82, 2.24) is 0 Å². The van der Waals surface area contributed by atoms with Gasteiger partial charge >= 0.3 is 0 Å². The summed E-state index contributed by atoms with van der Waals surface area (Å²) in [7, 11) is 0. The van der Waals surface area contributed by atoms with Crippen LogP contribution in [0.15, 0.2) is 12.7 Å². The molecule has 0 saturated carbocycles. The summed E-state index contributed by atoms with van der Waals surface area (Å²) in [6.07, 6.45) is 15.1. The minimum Gasteiger partial charge on any atom is -0.119 e. The first kappa shape index (κ1) is 13.3. The highest BCUT2D eigenvalue weighted by molar-refractivity contribution is 5.04. The fourth-order valence-corrected chi connectivity index (χ4v) is 1.93. The van der Waals surface area contributed by atoms with E-state index in [4.69, 9.17) is 6.42 Å². The molecule has 0 heterocycles. The Morgan fingerprint density at radius 1 is 1.21 bits per heavy atom. The minimum absolute atomic E-state index is 0.284. The predicted octanol–water partition coefficient (Wildman–Crippen LogP) is 4.42. The molecule has 0 amide bonds. The zero-order valence-corrected chi connectivity index (χ0v) is 9.76. The van der Waals surface area contributed by atoms with E-state index in [-0.39, 0.29) is 5.92 Å². The van der Waals surface area contributed by atoms with Crippen molar-refractivity contribution in [2.24, 2.45) is 11.8 Å². The van der Waals surface area contributed by atoms with Crippen LogP contribution in [0.25, 0.3) is 0 Å². The average Bonchev–Trinajstić information content (AvgIpc) is 2.20. The molecule has 0 bridgehead atoms. The molecule has 0 aliphatic rings. The minimum atomic E-state index is 0.284. The molecule has 2 atom stereocenters. The van der Waals surface area contributed by atoms with Crippen LogP contribution in [0, 0.1) is 24.2 Å². The Balaban J connectivity index is 3.99. The Hall–Kier alpha value is -0.700. The van der Waals surface area contributed by atoms with E-state index in [1.165, 1.54) is 38.5 Å². The van der Waals surface area contributed by atoms with Gasteiger partial charge in [0.1, 0.15) is 0 Å². The Morgan fingerprint density at radius 3 is 2.36 bits per heavy atom. The van der Waals surface area contributed by atoms with Crippen LogP contribution in [0.2, 0.25) is 0 Å². The summed E-state index contributed by atoms with van der Waals surface area (Å²) in [6, 6.07) is 0. The highest BCUT2D eigenvalue weighted by Crippen LogP contribution is 2.24. The number of allylic oxidation sites excluding steroid dienone is 1. The van der Waals surface area contributed by atoms with Crippen molar-refractivity contribution >= 4 is 0 Å². The Kier molecular flexibility index (Phi) is 8.43. The van der Waals surface area contributed by atoms with Gasteiger partial charge in [-0.05, 0) is 18.8 Å². The van der Waals surface area contributed by atoms with Crippen LogP contribution < -0.4 is 0 Å². The van der Waals surface area contributed by atoms with Gasteiger partial charge in [0, 0.05) is 5.92 Å². The van der Waals surface area contributed by atoms with Gasteiger partial charge in [-0.25, -0.2) is 0 Å². The molecule has 2 unspecified atom stereocenters. The quantitative estimate of drug-likeness (QED) is 0.303. The third-order valence-corrected chi connectivity index (χ3v) is 2.79. The summed E-state index contributed by atoms with van der Waals surface area (Å²) >= 11 is 0. The molecule has 0 aromatic carbocycles. The van der Waals surface area contributed by atoms with Gasteiger partial charge in [0.25, 0.3) is 0 Å². The summed E-state index contributed by atoms with van der Waals surface area (Å²) < 4.78 is 0. The van der Waals surface area contributed by atoms with E-state index < -0.39 is 0 Å². The van der Waals surface area contributed by atoms with Crippen molar-refractivity contribution in [3.63, 3.8) is 0 Å². The molecule has 0 fully saturated rings. The fraction of sp³-hybridized carbons (Fsp3) is 0.714. The average molecular weight is 192 g/mol. The second-order valence-electron chi connectivity index (χ2n) is 3.97. The summed E-state index contributed by atoms with van der Waals surface area (Å²) in [5, 5.41) is 0. The van der Waals surface area contributed by atoms with Gasteiger partial charge in [-0.3, -0.25) is 0 Å². The summed E-state index contributed by atoms with van der Waals surface area (Å²) in [5.74, 6) is 3.79. The van der Waals surface area contributed by atoms with E-state index in [1.807, 2.05) is 6.08 Å². The number of unbranched alkanes of at least 4 members (excludes halogenated alkanes) is 2. The maximum atomic E-state index is 5.50. The molecule has 0 aliphatic carbocycles. The molecule has 0 aromatic rings. The third-order valence-electron chi connectivity index (χ3n) is 2.79. The highest BCUT2D eigenvalue weighted by Gasteiger charge is 2.14. The topological polar surface area (TPSA) is 0 Å². The van der Waals surface area contributed by atoms with E-state index >= 15 is 0 Å². The second-order valence-corrected chi connectivity index (χ2v) is 3.97. The lowest BCUT2D eigenvalue weighted by Crippen LogP contribution is -2.10. The van der Waals surface area contributed by atoms with E-state index in [0.717, 1.165) is 0 Å². The summed E-state index contributed by atoms with van der Waals surface area (Å²) in [6.45, 7) is 8.28. The van der Waals surface area contributed by atoms with Crippen molar-refractivity contribution in [3.8, 4) is 12.3 Å². The first-order valence-electron chi connectivity index (χ1n) is 5.88. The van der Waals surface area contributed by atoms with Gasteiger partial charge in [0.2, 0.25) is 0 Å². The van der Waals surface area contributed by atoms with Crippen LogP contribution in [-0.4, -0.2) is 0 Å². The maximum Gasteiger partial charge on any atom is 0.0405 e. The van der Waals surface area contributed by atoms with Crippen LogP contribution in [0.5, 0.6) is 0 Å². The van der Waals surface area contributed by atoms with E-state index in [9.17, 15) is 0 Å². The van der Waals surface area contributed by atoms with Crippen molar-refractivity contribution in [2.75, 3.05) is 0 Å². The smallest absolute Gasteiger partial charge is 0.0405 e. The van der Waals surface area contributed by atoms with E-state index in [1.54, 1.807) is 0 Å². The fourth-order valence-electron chi connectivity index (χ4n) is 1.93. The van der Waals surface area contributed by atoms with Gasteiger partial charge in [-0.15, -0.1) is 13.0 Å². The SMILES string of the molecule is C#CC(C=C)C(CCC)CCCCC. The predicted molar refractivity (Wildman–Crippen MR) is 65.1 cm³/mol. The molecule has 0 N–H and O–H groups in total. The zero-order chi connectivity index (χ0) is 10.8. The molecule has 0 heteroatoms. The maximum absolute atomic E-state index is 5.50. The largest absolute Gasteiger partial charge is 0.119 e. The van der Waals surface area contributed by atoms with Gasteiger partial charge in [0.15, 0.2) is 0 Å². The Labute approximate surface area is 89.8 Å². The van der Waals surface area contributed by atoms with E-state index in [2.05, 4.69) is 26.3 Å². The van der Waals surface area contributed by atoms with Crippen LogP contribution in [0.3, 0.4) is 0 Å². The Bertz CT molecular complexity index is 173. The standard InChI is InChI=1S/C14H24/c1-5-9-10-12-14(11-6-2)13(7-3)8-4/h3,8,13-14H,4-6,9-12H2,1-2H3. The molecule has 0 radical (unpaired) electrons. The third kappa shape index (κ3) is 5.12. The van der Waals surface area contributed by atoms with Crippen molar-refractivity contribution in [3.05, 3.63) is 12.7 Å². The highest BCUT2D eigenvalue weighted by atomic mass is 14.2. The lowest BCUT2D eigenvalue weighted by molar-refractivity contribution is 0.380.